The number of rotatable bonds is 4. The molecule has 0 radical (unpaired) electrons. The maximum atomic E-state index is 13.2. The van der Waals surface area contributed by atoms with Crippen molar-refractivity contribution in [3.8, 4) is 11.3 Å². The van der Waals surface area contributed by atoms with Gasteiger partial charge in [0.2, 0.25) is 0 Å². The van der Waals surface area contributed by atoms with Gasteiger partial charge in [-0.1, -0.05) is 30.3 Å². The van der Waals surface area contributed by atoms with Gasteiger partial charge in [0.15, 0.2) is 5.65 Å². The fourth-order valence-electron chi connectivity index (χ4n) is 3.91. The topological polar surface area (TPSA) is 75.4 Å². The van der Waals surface area contributed by atoms with Gasteiger partial charge < -0.3 is 10.2 Å². The molecule has 0 bridgehead atoms. The van der Waals surface area contributed by atoms with Crippen LogP contribution in [0.25, 0.3) is 16.9 Å². The summed E-state index contributed by atoms with van der Waals surface area (Å²) in [4.78, 5) is 24.4. The van der Waals surface area contributed by atoms with E-state index in [0.717, 1.165) is 42.9 Å². The average Bonchev–Trinajstić information content (AvgIpc) is 3.25. The number of aromatic nitrogens is 4. The second kappa shape index (κ2) is 7.94. The van der Waals surface area contributed by atoms with Crippen molar-refractivity contribution in [3.05, 3.63) is 72.8 Å². The largest absolute Gasteiger partial charge is 0.370 e. The van der Waals surface area contributed by atoms with E-state index in [1.54, 1.807) is 29.2 Å². The zero-order valence-corrected chi connectivity index (χ0v) is 16.5. The van der Waals surface area contributed by atoms with Crippen molar-refractivity contribution in [3.63, 3.8) is 0 Å². The lowest BCUT2D eigenvalue weighted by molar-refractivity contribution is 0.102. The lowest BCUT2D eigenvalue weighted by Crippen LogP contribution is -2.30. The van der Waals surface area contributed by atoms with Gasteiger partial charge in [0.05, 0.1) is 35.0 Å². The number of carbonyl (C=O) groups is 1. The summed E-state index contributed by atoms with van der Waals surface area (Å²) in [6, 6.07) is 13.5. The van der Waals surface area contributed by atoms with Crippen LogP contribution < -0.4 is 10.2 Å². The zero-order chi connectivity index (χ0) is 20.3. The van der Waals surface area contributed by atoms with Crippen LogP contribution >= 0.6 is 0 Å². The van der Waals surface area contributed by atoms with Crippen LogP contribution in [0.2, 0.25) is 0 Å². The van der Waals surface area contributed by atoms with Crippen LogP contribution in [0.1, 0.15) is 29.6 Å². The Morgan fingerprint density at radius 1 is 0.967 bits per heavy atom. The number of piperidine rings is 1. The molecular formula is C23H22N6O. The Balaban J connectivity index is 1.47. The number of imidazole rings is 1. The van der Waals surface area contributed by atoms with Gasteiger partial charge in [-0.25, -0.2) is 9.50 Å². The molecule has 0 spiro atoms. The molecule has 1 amide bonds. The van der Waals surface area contributed by atoms with E-state index in [2.05, 4.69) is 25.3 Å². The summed E-state index contributed by atoms with van der Waals surface area (Å²) in [5.74, 6) is -0.223. The van der Waals surface area contributed by atoms with E-state index in [1.807, 2.05) is 42.6 Å². The Bertz CT molecular complexity index is 1180. The monoisotopic (exact) mass is 398 g/mol. The molecule has 0 aliphatic carbocycles. The highest BCUT2D eigenvalue weighted by molar-refractivity contribution is 6.09. The molecule has 1 aliphatic heterocycles. The summed E-state index contributed by atoms with van der Waals surface area (Å²) in [7, 11) is 0. The van der Waals surface area contributed by atoms with Gasteiger partial charge in [0.25, 0.3) is 5.91 Å². The van der Waals surface area contributed by atoms with E-state index in [1.165, 1.54) is 6.42 Å². The van der Waals surface area contributed by atoms with Crippen molar-refractivity contribution in [2.45, 2.75) is 19.3 Å². The third-order valence-corrected chi connectivity index (χ3v) is 5.42. The summed E-state index contributed by atoms with van der Waals surface area (Å²) in [5, 5.41) is 7.36. The molecule has 7 nitrogen and oxygen atoms in total. The fourth-order valence-corrected chi connectivity index (χ4v) is 3.91. The number of benzene rings is 1. The Morgan fingerprint density at radius 3 is 2.63 bits per heavy atom. The number of pyridine rings is 1. The maximum Gasteiger partial charge on any atom is 0.259 e. The molecule has 4 heterocycles. The van der Waals surface area contributed by atoms with Crippen molar-refractivity contribution in [2.75, 3.05) is 23.3 Å². The fraction of sp³-hybridized carbons (Fsp3) is 0.217. The van der Waals surface area contributed by atoms with Crippen molar-refractivity contribution < 1.29 is 4.79 Å². The normalized spacial score (nSPS) is 14.1. The van der Waals surface area contributed by atoms with E-state index < -0.39 is 0 Å². The van der Waals surface area contributed by atoms with Gasteiger partial charge in [0.1, 0.15) is 0 Å². The number of nitrogens with zero attached hydrogens (tertiary/aromatic N) is 5. The highest BCUT2D eigenvalue weighted by Crippen LogP contribution is 2.28. The van der Waals surface area contributed by atoms with Crippen LogP contribution in [0.15, 0.2) is 67.3 Å². The van der Waals surface area contributed by atoms with Crippen molar-refractivity contribution in [1.29, 1.82) is 0 Å². The summed E-state index contributed by atoms with van der Waals surface area (Å²) in [6.07, 6.45) is 10.5. The van der Waals surface area contributed by atoms with E-state index in [4.69, 9.17) is 0 Å². The summed E-state index contributed by atoms with van der Waals surface area (Å²) >= 11 is 0. The molecule has 1 aliphatic rings. The minimum absolute atomic E-state index is 0.223. The molecule has 0 unspecified atom stereocenters. The Hall–Kier alpha value is -3.74. The number of amides is 1. The number of carbonyl (C=O) groups excluding carboxylic acids is 1. The van der Waals surface area contributed by atoms with Crippen LogP contribution in [0.5, 0.6) is 0 Å². The zero-order valence-electron chi connectivity index (χ0n) is 16.5. The second-order valence-electron chi connectivity index (χ2n) is 7.40. The molecule has 1 fully saturated rings. The smallest absolute Gasteiger partial charge is 0.259 e. The summed E-state index contributed by atoms with van der Waals surface area (Å²) in [5.41, 5.74) is 4.48. The van der Waals surface area contributed by atoms with Gasteiger partial charge in [0, 0.05) is 31.0 Å². The Morgan fingerprint density at radius 2 is 1.80 bits per heavy atom. The molecule has 1 saturated heterocycles. The van der Waals surface area contributed by atoms with Gasteiger partial charge in [-0.2, -0.15) is 5.10 Å². The second-order valence-corrected chi connectivity index (χ2v) is 7.40. The molecule has 0 atom stereocenters. The number of nitrogens with one attached hydrogen (secondary N) is 1. The molecule has 150 valence electrons. The van der Waals surface area contributed by atoms with Gasteiger partial charge in [-0.05, 0) is 31.4 Å². The predicted octanol–water partition coefficient (Wildman–Crippen LogP) is 4.03. The van der Waals surface area contributed by atoms with Crippen molar-refractivity contribution >= 4 is 22.9 Å². The average molecular weight is 398 g/mol. The standard InChI is InChI=1S/C23H22N6O/c30-23(27-19-15-24-11-10-21(19)28-13-5-2-6-14-28)18-9-12-25-29-16-20(26-22(18)29)17-7-3-1-4-8-17/h1,3-4,7-12,15-16H,2,5-6,13-14H2,(H,27,30). The van der Waals surface area contributed by atoms with E-state index in [-0.39, 0.29) is 5.91 Å². The molecule has 5 rings (SSSR count). The first kappa shape index (κ1) is 18.3. The van der Waals surface area contributed by atoms with E-state index in [0.29, 0.717) is 16.9 Å². The third-order valence-electron chi connectivity index (χ3n) is 5.42. The van der Waals surface area contributed by atoms with Gasteiger partial charge in [-0.3, -0.25) is 9.78 Å². The van der Waals surface area contributed by atoms with Crippen LogP contribution in [0, 0.1) is 0 Å². The Kier molecular flexibility index (Phi) is 4.85. The molecule has 30 heavy (non-hydrogen) atoms. The summed E-state index contributed by atoms with van der Waals surface area (Å²) < 4.78 is 1.64. The first-order chi connectivity index (χ1) is 14.8. The number of anilines is 2. The Labute approximate surface area is 174 Å². The van der Waals surface area contributed by atoms with Crippen molar-refractivity contribution in [2.24, 2.45) is 0 Å². The number of hydrogen-bond donors (Lipinski definition) is 1. The van der Waals surface area contributed by atoms with Gasteiger partial charge >= 0.3 is 0 Å². The predicted molar refractivity (Wildman–Crippen MR) is 117 cm³/mol. The SMILES string of the molecule is O=C(Nc1cnccc1N1CCCCC1)c1ccnn2cc(-c3ccccc3)nc12. The molecule has 1 N–H and O–H groups in total. The quantitative estimate of drug-likeness (QED) is 0.562. The molecular weight excluding hydrogens is 376 g/mol. The number of hydrogen-bond acceptors (Lipinski definition) is 5. The first-order valence-corrected chi connectivity index (χ1v) is 10.2. The first-order valence-electron chi connectivity index (χ1n) is 10.2. The molecule has 0 saturated carbocycles. The minimum atomic E-state index is -0.223. The van der Waals surface area contributed by atoms with Crippen molar-refractivity contribution in [1.82, 2.24) is 19.6 Å². The molecule has 3 aromatic heterocycles. The molecule has 1 aromatic carbocycles. The molecule has 7 heteroatoms. The minimum Gasteiger partial charge on any atom is -0.370 e. The van der Waals surface area contributed by atoms with Crippen LogP contribution in [-0.2, 0) is 0 Å². The number of fused-ring (bicyclic) bond motifs is 1. The lowest BCUT2D eigenvalue weighted by Gasteiger charge is -2.30. The summed E-state index contributed by atoms with van der Waals surface area (Å²) in [6.45, 7) is 1.99. The van der Waals surface area contributed by atoms with Crippen LogP contribution in [0.4, 0.5) is 11.4 Å². The lowest BCUT2D eigenvalue weighted by atomic mass is 10.1. The van der Waals surface area contributed by atoms with E-state index >= 15 is 0 Å². The third kappa shape index (κ3) is 3.50. The maximum absolute atomic E-state index is 13.2. The van der Waals surface area contributed by atoms with Crippen LogP contribution in [0.3, 0.4) is 0 Å². The highest BCUT2D eigenvalue weighted by atomic mass is 16.1. The van der Waals surface area contributed by atoms with E-state index in [9.17, 15) is 4.79 Å². The van der Waals surface area contributed by atoms with Gasteiger partial charge in [-0.15, -0.1) is 0 Å². The highest BCUT2D eigenvalue weighted by Gasteiger charge is 2.19. The van der Waals surface area contributed by atoms with Crippen LogP contribution in [-0.4, -0.2) is 38.6 Å². The molecule has 4 aromatic rings.